The van der Waals surface area contributed by atoms with Gasteiger partial charge in [-0.2, -0.15) is 0 Å². The van der Waals surface area contributed by atoms with Crippen molar-refractivity contribution in [3.8, 4) is 5.75 Å². The second-order valence-electron chi connectivity index (χ2n) is 10.2. The molecular weight excluding hydrogens is 308 g/mol. The number of fused-ring (bicyclic) bond motifs is 5. The normalized spacial score (nSPS) is 43.7. The van der Waals surface area contributed by atoms with Crippen molar-refractivity contribution in [1.82, 2.24) is 0 Å². The molecule has 0 aromatic heterocycles. The Balaban J connectivity index is 1.41. The van der Waals surface area contributed by atoms with Gasteiger partial charge in [0.1, 0.15) is 18.5 Å². The Morgan fingerprint density at radius 1 is 1.12 bits per heavy atom. The van der Waals surface area contributed by atoms with E-state index in [9.17, 15) is 0 Å². The van der Waals surface area contributed by atoms with Crippen molar-refractivity contribution in [2.24, 2.45) is 29.1 Å². The third kappa shape index (κ3) is 2.63. The predicted molar refractivity (Wildman–Crippen MR) is 99.9 cm³/mol. The largest absolute Gasteiger partial charge is 0.490 e. The first-order valence-corrected chi connectivity index (χ1v) is 10.3. The molecule has 1 aromatic rings. The molecular formula is C23H32O2. The molecule has 3 saturated carbocycles. The molecule has 1 saturated heterocycles. The third-order valence-electron chi connectivity index (χ3n) is 8.10. The molecule has 0 N–H and O–H groups in total. The number of ether oxygens (including phenoxy) is 2. The zero-order chi connectivity index (χ0) is 17.2. The number of benzene rings is 1. The first kappa shape index (κ1) is 16.2. The monoisotopic (exact) mass is 340 g/mol. The van der Waals surface area contributed by atoms with Gasteiger partial charge in [-0.15, -0.1) is 0 Å². The summed E-state index contributed by atoms with van der Waals surface area (Å²) in [5.74, 6) is 4.97. The second-order valence-corrected chi connectivity index (χ2v) is 10.2. The minimum Gasteiger partial charge on any atom is -0.490 e. The van der Waals surface area contributed by atoms with Gasteiger partial charge in [-0.3, -0.25) is 0 Å². The standard InChI is InChI=1S/C23H32O2/c1-22(2)11-15-10-20(22)18-12-23(3,9-8-17(15)18)19-6-4-5-7-21(19)25-14-16-13-24-16/h4-7,15-18,20H,8-14H2,1-3H3. The van der Waals surface area contributed by atoms with Crippen molar-refractivity contribution in [2.75, 3.05) is 13.2 Å². The summed E-state index contributed by atoms with van der Waals surface area (Å²) < 4.78 is 11.5. The van der Waals surface area contributed by atoms with Crippen LogP contribution in [0.5, 0.6) is 5.75 Å². The Bertz CT molecular complexity index is 662. The highest BCUT2D eigenvalue weighted by Crippen LogP contribution is 2.66. The zero-order valence-corrected chi connectivity index (χ0v) is 16.0. The lowest BCUT2D eigenvalue weighted by Crippen LogP contribution is -2.42. The minimum absolute atomic E-state index is 0.267. The van der Waals surface area contributed by atoms with Gasteiger partial charge in [-0.1, -0.05) is 39.0 Å². The second kappa shape index (κ2) is 5.49. The van der Waals surface area contributed by atoms with Crippen molar-refractivity contribution in [1.29, 1.82) is 0 Å². The van der Waals surface area contributed by atoms with E-state index in [2.05, 4.69) is 45.0 Å². The molecule has 3 aliphatic carbocycles. The summed E-state index contributed by atoms with van der Waals surface area (Å²) >= 11 is 0. The molecule has 4 fully saturated rings. The molecule has 25 heavy (non-hydrogen) atoms. The van der Waals surface area contributed by atoms with Gasteiger partial charge in [0, 0.05) is 5.56 Å². The van der Waals surface area contributed by atoms with Crippen molar-refractivity contribution in [2.45, 2.75) is 64.4 Å². The quantitative estimate of drug-likeness (QED) is 0.702. The fourth-order valence-electron chi connectivity index (χ4n) is 6.82. The van der Waals surface area contributed by atoms with E-state index in [1.165, 1.54) is 37.7 Å². The molecule has 1 aliphatic heterocycles. The molecule has 5 rings (SSSR count). The molecule has 136 valence electrons. The molecule has 1 heterocycles. The maximum Gasteiger partial charge on any atom is 0.123 e. The summed E-state index contributed by atoms with van der Waals surface area (Å²) in [5, 5.41) is 0. The number of epoxide rings is 1. The van der Waals surface area contributed by atoms with E-state index < -0.39 is 0 Å². The molecule has 2 bridgehead atoms. The van der Waals surface area contributed by atoms with Crippen LogP contribution in [0, 0.1) is 29.1 Å². The van der Waals surface area contributed by atoms with Crippen molar-refractivity contribution in [3.05, 3.63) is 29.8 Å². The summed E-state index contributed by atoms with van der Waals surface area (Å²) in [7, 11) is 0. The average Bonchev–Trinajstić information content (AvgIpc) is 3.28. The van der Waals surface area contributed by atoms with Crippen LogP contribution < -0.4 is 4.74 Å². The molecule has 1 aromatic carbocycles. The minimum atomic E-state index is 0.267. The molecule has 0 radical (unpaired) electrons. The van der Waals surface area contributed by atoms with Crippen LogP contribution in [0.3, 0.4) is 0 Å². The summed E-state index contributed by atoms with van der Waals surface area (Å²) in [4.78, 5) is 0. The van der Waals surface area contributed by atoms with Crippen LogP contribution in [0.25, 0.3) is 0 Å². The molecule has 4 aliphatic rings. The van der Waals surface area contributed by atoms with Crippen molar-refractivity contribution in [3.63, 3.8) is 0 Å². The van der Waals surface area contributed by atoms with E-state index in [0.717, 1.165) is 36.0 Å². The number of para-hydroxylation sites is 1. The van der Waals surface area contributed by atoms with Crippen molar-refractivity contribution < 1.29 is 9.47 Å². The van der Waals surface area contributed by atoms with E-state index >= 15 is 0 Å². The fourth-order valence-corrected chi connectivity index (χ4v) is 6.82. The highest BCUT2D eigenvalue weighted by atomic mass is 16.6. The van der Waals surface area contributed by atoms with E-state index in [4.69, 9.17) is 9.47 Å². The maximum absolute atomic E-state index is 6.17. The predicted octanol–water partition coefficient (Wildman–Crippen LogP) is 5.20. The summed E-state index contributed by atoms with van der Waals surface area (Å²) in [6, 6.07) is 8.79. The summed E-state index contributed by atoms with van der Waals surface area (Å²) in [5.41, 5.74) is 2.27. The Kier molecular flexibility index (Phi) is 3.55. The first-order chi connectivity index (χ1) is 12.0. The van der Waals surface area contributed by atoms with Gasteiger partial charge in [0.2, 0.25) is 0 Å². The highest BCUT2D eigenvalue weighted by Gasteiger charge is 2.58. The van der Waals surface area contributed by atoms with Gasteiger partial charge in [0.15, 0.2) is 0 Å². The van der Waals surface area contributed by atoms with Gasteiger partial charge in [0.25, 0.3) is 0 Å². The molecule has 6 unspecified atom stereocenters. The Morgan fingerprint density at radius 2 is 1.92 bits per heavy atom. The van der Waals surface area contributed by atoms with Gasteiger partial charge in [-0.25, -0.2) is 0 Å². The van der Waals surface area contributed by atoms with Crippen LogP contribution in [0.15, 0.2) is 24.3 Å². The molecule has 0 amide bonds. The van der Waals surface area contributed by atoms with Crippen LogP contribution >= 0.6 is 0 Å². The lowest BCUT2D eigenvalue weighted by molar-refractivity contribution is 0.0370. The molecule has 2 nitrogen and oxygen atoms in total. The van der Waals surface area contributed by atoms with Crippen LogP contribution in [-0.4, -0.2) is 19.3 Å². The molecule has 6 atom stereocenters. The van der Waals surface area contributed by atoms with Crippen LogP contribution in [-0.2, 0) is 10.2 Å². The summed E-state index contributed by atoms with van der Waals surface area (Å²) in [6.45, 7) is 9.11. The number of hydrogen-bond acceptors (Lipinski definition) is 2. The average molecular weight is 341 g/mol. The highest BCUT2D eigenvalue weighted by molar-refractivity contribution is 5.40. The van der Waals surface area contributed by atoms with Crippen LogP contribution in [0.4, 0.5) is 0 Å². The van der Waals surface area contributed by atoms with Gasteiger partial charge in [0.05, 0.1) is 6.61 Å². The number of hydrogen-bond donors (Lipinski definition) is 0. The number of rotatable bonds is 4. The smallest absolute Gasteiger partial charge is 0.123 e. The topological polar surface area (TPSA) is 21.8 Å². The van der Waals surface area contributed by atoms with Gasteiger partial charge < -0.3 is 9.47 Å². The summed E-state index contributed by atoms with van der Waals surface area (Å²) in [6.07, 6.45) is 7.37. The SMILES string of the molecule is CC1(c2ccccc2OCC2CO2)CCC2C3CC(C2C1)C(C)(C)C3. The van der Waals surface area contributed by atoms with Crippen molar-refractivity contribution >= 4 is 0 Å². The molecule has 2 heteroatoms. The third-order valence-corrected chi connectivity index (χ3v) is 8.10. The zero-order valence-electron chi connectivity index (χ0n) is 16.0. The van der Waals surface area contributed by atoms with E-state index in [-0.39, 0.29) is 5.41 Å². The Labute approximate surface area is 152 Å². The van der Waals surface area contributed by atoms with Gasteiger partial charge >= 0.3 is 0 Å². The maximum atomic E-state index is 6.17. The Hall–Kier alpha value is -1.02. The van der Waals surface area contributed by atoms with Crippen LogP contribution in [0.2, 0.25) is 0 Å². The van der Waals surface area contributed by atoms with E-state index in [1.54, 1.807) is 0 Å². The first-order valence-electron chi connectivity index (χ1n) is 10.3. The lowest BCUT2D eigenvalue weighted by atomic mass is 9.56. The van der Waals surface area contributed by atoms with E-state index in [1.807, 2.05) is 0 Å². The Morgan fingerprint density at radius 3 is 2.72 bits per heavy atom. The lowest BCUT2D eigenvalue weighted by Gasteiger charge is -2.49. The van der Waals surface area contributed by atoms with Gasteiger partial charge in [-0.05, 0) is 72.7 Å². The molecule has 0 spiro atoms. The fraction of sp³-hybridized carbons (Fsp3) is 0.739. The van der Waals surface area contributed by atoms with E-state index in [0.29, 0.717) is 18.1 Å². The van der Waals surface area contributed by atoms with Crippen LogP contribution in [0.1, 0.15) is 58.4 Å².